The van der Waals surface area contributed by atoms with Crippen LogP contribution in [0.5, 0.6) is 5.75 Å². The zero-order chi connectivity index (χ0) is 14.2. The Bertz CT molecular complexity index is 574. The van der Waals surface area contributed by atoms with E-state index in [1.807, 2.05) is 30.3 Å². The van der Waals surface area contributed by atoms with Gasteiger partial charge in [0.05, 0.1) is 0 Å². The SMILES string of the molecule is O=C(/C=C/c1ccc(O)cc1)NCCc1ccccc1. The first-order valence-electron chi connectivity index (χ1n) is 6.53. The molecule has 0 spiro atoms. The second-order valence-corrected chi connectivity index (χ2v) is 4.45. The van der Waals surface area contributed by atoms with E-state index in [-0.39, 0.29) is 11.7 Å². The van der Waals surface area contributed by atoms with E-state index in [2.05, 4.69) is 5.32 Å². The van der Waals surface area contributed by atoms with E-state index < -0.39 is 0 Å². The molecule has 2 aromatic carbocycles. The minimum Gasteiger partial charge on any atom is -0.508 e. The van der Waals surface area contributed by atoms with Crippen LogP contribution in [0.15, 0.2) is 60.7 Å². The van der Waals surface area contributed by atoms with Crippen molar-refractivity contribution >= 4 is 12.0 Å². The average Bonchev–Trinajstić information content (AvgIpc) is 2.48. The molecule has 0 fully saturated rings. The topological polar surface area (TPSA) is 49.3 Å². The molecule has 0 unspecified atom stereocenters. The minimum atomic E-state index is -0.117. The Morgan fingerprint density at radius 1 is 1.05 bits per heavy atom. The first-order chi connectivity index (χ1) is 9.74. The molecule has 0 aliphatic heterocycles. The van der Waals surface area contributed by atoms with Gasteiger partial charge in [-0.15, -0.1) is 0 Å². The predicted octanol–water partition coefficient (Wildman–Crippen LogP) is 2.76. The fourth-order valence-corrected chi connectivity index (χ4v) is 1.79. The van der Waals surface area contributed by atoms with E-state index in [4.69, 9.17) is 5.11 Å². The molecule has 0 radical (unpaired) electrons. The highest BCUT2D eigenvalue weighted by Crippen LogP contribution is 2.10. The van der Waals surface area contributed by atoms with Gasteiger partial charge in [0.2, 0.25) is 5.91 Å². The van der Waals surface area contributed by atoms with Gasteiger partial charge in [-0.05, 0) is 35.8 Å². The van der Waals surface area contributed by atoms with Gasteiger partial charge in [-0.1, -0.05) is 42.5 Å². The number of benzene rings is 2. The highest BCUT2D eigenvalue weighted by Gasteiger charge is 1.96. The van der Waals surface area contributed by atoms with Crippen LogP contribution in [0.2, 0.25) is 0 Å². The van der Waals surface area contributed by atoms with Crippen LogP contribution in [-0.4, -0.2) is 17.6 Å². The Morgan fingerprint density at radius 3 is 2.45 bits per heavy atom. The lowest BCUT2D eigenvalue weighted by Crippen LogP contribution is -2.23. The van der Waals surface area contributed by atoms with Gasteiger partial charge in [0.1, 0.15) is 5.75 Å². The van der Waals surface area contributed by atoms with Gasteiger partial charge in [0.25, 0.3) is 0 Å². The standard InChI is InChI=1S/C17H17NO2/c19-16-9-6-15(7-10-16)8-11-17(20)18-13-12-14-4-2-1-3-5-14/h1-11,19H,12-13H2,(H,18,20)/b11-8+. The third-order valence-corrected chi connectivity index (χ3v) is 2.88. The van der Waals surface area contributed by atoms with Crippen LogP contribution < -0.4 is 5.32 Å². The summed E-state index contributed by atoms with van der Waals surface area (Å²) in [6, 6.07) is 16.7. The van der Waals surface area contributed by atoms with Crippen molar-refractivity contribution in [1.29, 1.82) is 0 Å². The second kappa shape index (κ2) is 7.14. The van der Waals surface area contributed by atoms with Crippen molar-refractivity contribution < 1.29 is 9.90 Å². The lowest BCUT2D eigenvalue weighted by molar-refractivity contribution is -0.116. The van der Waals surface area contributed by atoms with Crippen LogP contribution in [0.4, 0.5) is 0 Å². The van der Waals surface area contributed by atoms with Crippen LogP contribution in [0.3, 0.4) is 0 Å². The average molecular weight is 267 g/mol. The van der Waals surface area contributed by atoms with Gasteiger partial charge in [-0.25, -0.2) is 0 Å². The minimum absolute atomic E-state index is 0.117. The maximum absolute atomic E-state index is 11.6. The summed E-state index contributed by atoms with van der Waals surface area (Å²) in [6.07, 6.45) is 4.04. The van der Waals surface area contributed by atoms with Crippen molar-refractivity contribution in [1.82, 2.24) is 5.32 Å². The van der Waals surface area contributed by atoms with Crippen molar-refractivity contribution in [2.45, 2.75) is 6.42 Å². The van der Waals surface area contributed by atoms with E-state index in [1.54, 1.807) is 30.3 Å². The van der Waals surface area contributed by atoms with E-state index >= 15 is 0 Å². The van der Waals surface area contributed by atoms with E-state index in [9.17, 15) is 4.79 Å². The molecule has 1 amide bonds. The summed E-state index contributed by atoms with van der Waals surface area (Å²) in [5.41, 5.74) is 2.08. The molecular formula is C17H17NO2. The Hall–Kier alpha value is -2.55. The molecule has 0 bridgehead atoms. The number of nitrogens with one attached hydrogen (secondary N) is 1. The Kier molecular flexibility index (Phi) is 4.95. The lowest BCUT2D eigenvalue weighted by Gasteiger charge is -2.02. The summed E-state index contributed by atoms with van der Waals surface area (Å²) in [4.78, 5) is 11.6. The van der Waals surface area contributed by atoms with Crippen molar-refractivity contribution in [3.05, 3.63) is 71.8 Å². The molecule has 2 rings (SSSR count). The molecule has 3 nitrogen and oxygen atoms in total. The first kappa shape index (κ1) is 13.9. The largest absolute Gasteiger partial charge is 0.508 e. The normalized spacial score (nSPS) is 10.6. The fourth-order valence-electron chi connectivity index (χ4n) is 1.79. The number of hydrogen-bond donors (Lipinski definition) is 2. The Balaban J connectivity index is 1.76. The molecule has 0 saturated heterocycles. The van der Waals surface area contributed by atoms with Gasteiger partial charge < -0.3 is 10.4 Å². The summed E-state index contributed by atoms with van der Waals surface area (Å²) < 4.78 is 0. The van der Waals surface area contributed by atoms with Gasteiger partial charge in [-0.3, -0.25) is 4.79 Å². The molecule has 0 heterocycles. The number of rotatable bonds is 5. The van der Waals surface area contributed by atoms with Crippen LogP contribution in [0.25, 0.3) is 6.08 Å². The third-order valence-electron chi connectivity index (χ3n) is 2.88. The van der Waals surface area contributed by atoms with Crippen molar-refractivity contribution in [3.8, 4) is 5.75 Å². The van der Waals surface area contributed by atoms with Crippen LogP contribution in [0, 0.1) is 0 Å². The number of aromatic hydroxyl groups is 1. The van der Waals surface area contributed by atoms with E-state index in [0.717, 1.165) is 12.0 Å². The molecule has 0 aliphatic rings. The molecule has 0 atom stereocenters. The van der Waals surface area contributed by atoms with Crippen molar-refractivity contribution in [3.63, 3.8) is 0 Å². The number of hydrogen-bond acceptors (Lipinski definition) is 2. The van der Waals surface area contributed by atoms with E-state index in [1.165, 1.54) is 11.6 Å². The van der Waals surface area contributed by atoms with Crippen LogP contribution >= 0.6 is 0 Å². The zero-order valence-corrected chi connectivity index (χ0v) is 11.1. The predicted molar refractivity (Wildman–Crippen MR) is 80.3 cm³/mol. The molecule has 20 heavy (non-hydrogen) atoms. The van der Waals surface area contributed by atoms with Gasteiger partial charge in [0.15, 0.2) is 0 Å². The maximum atomic E-state index is 11.6. The summed E-state index contributed by atoms with van der Waals surface area (Å²) in [6.45, 7) is 0.614. The first-order valence-corrected chi connectivity index (χ1v) is 6.53. The van der Waals surface area contributed by atoms with E-state index in [0.29, 0.717) is 6.54 Å². The summed E-state index contributed by atoms with van der Waals surface area (Å²) in [7, 11) is 0. The summed E-state index contributed by atoms with van der Waals surface area (Å²) >= 11 is 0. The summed E-state index contributed by atoms with van der Waals surface area (Å²) in [5.74, 6) is 0.100. The third kappa shape index (κ3) is 4.61. The molecule has 0 aromatic heterocycles. The molecule has 3 heteroatoms. The Morgan fingerprint density at radius 2 is 1.75 bits per heavy atom. The number of amides is 1. The molecule has 102 valence electrons. The maximum Gasteiger partial charge on any atom is 0.244 e. The van der Waals surface area contributed by atoms with Crippen molar-refractivity contribution in [2.24, 2.45) is 0 Å². The molecule has 2 aromatic rings. The zero-order valence-electron chi connectivity index (χ0n) is 11.1. The van der Waals surface area contributed by atoms with Crippen LogP contribution in [-0.2, 0) is 11.2 Å². The quantitative estimate of drug-likeness (QED) is 0.818. The highest BCUT2D eigenvalue weighted by atomic mass is 16.3. The van der Waals surface area contributed by atoms with Gasteiger partial charge >= 0.3 is 0 Å². The number of carbonyl (C=O) groups is 1. The number of carbonyl (C=O) groups excluding carboxylic acids is 1. The van der Waals surface area contributed by atoms with Crippen molar-refractivity contribution in [2.75, 3.05) is 6.54 Å². The van der Waals surface area contributed by atoms with Crippen LogP contribution in [0.1, 0.15) is 11.1 Å². The fraction of sp³-hybridized carbons (Fsp3) is 0.118. The molecular weight excluding hydrogens is 250 g/mol. The van der Waals surface area contributed by atoms with Gasteiger partial charge in [-0.2, -0.15) is 0 Å². The molecule has 0 saturated carbocycles. The second-order valence-electron chi connectivity index (χ2n) is 4.45. The molecule has 0 aliphatic carbocycles. The van der Waals surface area contributed by atoms with Gasteiger partial charge in [0, 0.05) is 12.6 Å². The molecule has 2 N–H and O–H groups in total. The monoisotopic (exact) mass is 267 g/mol. The number of phenolic OH excluding ortho intramolecular Hbond substituents is 1. The smallest absolute Gasteiger partial charge is 0.244 e. The Labute approximate surface area is 118 Å². The highest BCUT2D eigenvalue weighted by molar-refractivity contribution is 5.91. The lowest BCUT2D eigenvalue weighted by atomic mass is 10.1. The number of phenols is 1. The summed E-state index contributed by atoms with van der Waals surface area (Å²) in [5, 5.41) is 12.0.